The molecule has 1 atom stereocenters. The van der Waals surface area contributed by atoms with Crippen LogP contribution in [0.25, 0.3) is 0 Å². The van der Waals surface area contributed by atoms with Gasteiger partial charge in [0, 0.05) is 19.4 Å². The first kappa shape index (κ1) is 17.9. The Morgan fingerprint density at radius 1 is 1.11 bits per heavy atom. The number of esters is 1. The van der Waals surface area contributed by atoms with Crippen LogP contribution in [0.5, 0.6) is 0 Å². The molecule has 0 aliphatic carbocycles. The van der Waals surface area contributed by atoms with Crippen LogP contribution >= 0.6 is 0 Å². The van der Waals surface area contributed by atoms with Crippen LogP contribution < -0.4 is 0 Å². The molecule has 0 radical (unpaired) electrons. The first-order chi connectivity index (χ1) is 9.10. The number of aliphatic carboxylic acids is 1. The van der Waals surface area contributed by atoms with Crippen LogP contribution in [-0.2, 0) is 14.3 Å². The molecule has 0 aromatic heterocycles. The molecule has 1 unspecified atom stereocenters. The van der Waals surface area contributed by atoms with E-state index in [1.165, 1.54) is 0 Å². The van der Waals surface area contributed by atoms with E-state index in [0.717, 1.165) is 25.7 Å². The minimum Gasteiger partial charge on any atom is -0.481 e. The molecule has 0 rings (SSSR count). The van der Waals surface area contributed by atoms with Gasteiger partial charge >= 0.3 is 11.9 Å². The molecule has 5 nitrogen and oxygen atoms in total. The lowest BCUT2D eigenvalue weighted by Crippen LogP contribution is -2.14. The number of hydrogen-bond acceptors (Lipinski definition) is 4. The summed E-state index contributed by atoms with van der Waals surface area (Å²) in [6, 6.07) is 0. The second-order valence-corrected chi connectivity index (χ2v) is 4.78. The molecule has 0 heterocycles. The molecule has 0 fully saturated rings. The number of carbonyl (C=O) groups excluding carboxylic acids is 1. The molecule has 5 heteroatoms. The maximum absolute atomic E-state index is 11.4. The summed E-state index contributed by atoms with van der Waals surface area (Å²) < 4.78 is 5.18. The Kier molecular flexibility index (Phi) is 11.3. The average Bonchev–Trinajstić information content (AvgIpc) is 2.38. The second kappa shape index (κ2) is 12.0. The zero-order valence-corrected chi connectivity index (χ0v) is 11.8. The topological polar surface area (TPSA) is 83.8 Å². The maximum atomic E-state index is 11.4. The summed E-state index contributed by atoms with van der Waals surface area (Å²) in [4.78, 5) is 21.7. The zero-order valence-electron chi connectivity index (χ0n) is 11.8. The van der Waals surface area contributed by atoms with Gasteiger partial charge in [-0.3, -0.25) is 9.59 Å². The fourth-order valence-corrected chi connectivity index (χ4v) is 1.78. The van der Waals surface area contributed by atoms with E-state index < -0.39 is 5.97 Å². The monoisotopic (exact) mass is 274 g/mol. The van der Waals surface area contributed by atoms with Crippen molar-refractivity contribution in [3.63, 3.8) is 0 Å². The van der Waals surface area contributed by atoms with Gasteiger partial charge in [-0.1, -0.05) is 19.8 Å². The van der Waals surface area contributed by atoms with Crippen molar-refractivity contribution in [3.8, 4) is 0 Å². The zero-order chi connectivity index (χ0) is 14.5. The SMILES string of the molecule is CCC(CCCCO)COC(=O)CCCCC(=O)O. The minimum absolute atomic E-state index is 0.103. The van der Waals surface area contributed by atoms with Crippen molar-refractivity contribution in [3.05, 3.63) is 0 Å². The van der Waals surface area contributed by atoms with E-state index in [4.69, 9.17) is 14.9 Å². The largest absolute Gasteiger partial charge is 0.481 e. The van der Waals surface area contributed by atoms with E-state index >= 15 is 0 Å². The van der Waals surface area contributed by atoms with E-state index in [1.54, 1.807) is 0 Å². The summed E-state index contributed by atoms with van der Waals surface area (Å²) in [6.45, 7) is 2.70. The molecule has 0 bridgehead atoms. The van der Waals surface area contributed by atoms with Crippen molar-refractivity contribution in [1.29, 1.82) is 0 Å². The van der Waals surface area contributed by atoms with Crippen molar-refractivity contribution >= 4 is 11.9 Å². The van der Waals surface area contributed by atoms with Crippen molar-refractivity contribution in [2.75, 3.05) is 13.2 Å². The third-order valence-electron chi connectivity index (χ3n) is 3.10. The molecule has 0 aromatic rings. The van der Waals surface area contributed by atoms with Gasteiger partial charge in [-0.25, -0.2) is 0 Å². The molecular formula is C14H26O5. The Balaban J connectivity index is 3.59. The van der Waals surface area contributed by atoms with Gasteiger partial charge in [0.05, 0.1) is 6.61 Å². The van der Waals surface area contributed by atoms with Gasteiger partial charge in [0.2, 0.25) is 0 Å². The first-order valence-electron chi connectivity index (χ1n) is 7.08. The molecule has 0 aliphatic rings. The van der Waals surface area contributed by atoms with E-state index in [9.17, 15) is 9.59 Å². The number of unbranched alkanes of at least 4 members (excludes halogenated alkanes) is 2. The Hall–Kier alpha value is -1.10. The smallest absolute Gasteiger partial charge is 0.305 e. The number of carbonyl (C=O) groups is 2. The standard InChI is InChI=1S/C14H26O5/c1-2-12(7-5-6-10-15)11-19-14(18)9-4-3-8-13(16)17/h12,15H,2-11H2,1H3,(H,16,17). The molecule has 0 saturated carbocycles. The van der Waals surface area contributed by atoms with Gasteiger partial charge in [0.15, 0.2) is 0 Å². The van der Waals surface area contributed by atoms with Crippen LogP contribution in [0.15, 0.2) is 0 Å². The lowest BCUT2D eigenvalue weighted by atomic mass is 10.0. The van der Waals surface area contributed by atoms with E-state index in [-0.39, 0.29) is 19.0 Å². The van der Waals surface area contributed by atoms with Crippen LogP contribution in [0.1, 0.15) is 58.3 Å². The van der Waals surface area contributed by atoms with E-state index in [0.29, 0.717) is 31.8 Å². The van der Waals surface area contributed by atoms with Crippen molar-refractivity contribution in [2.45, 2.75) is 58.3 Å². The van der Waals surface area contributed by atoms with E-state index in [1.807, 2.05) is 0 Å². The highest BCUT2D eigenvalue weighted by Gasteiger charge is 2.10. The summed E-state index contributed by atoms with van der Waals surface area (Å²) in [5.41, 5.74) is 0. The molecule has 2 N–H and O–H groups in total. The predicted octanol–water partition coefficient (Wildman–Crippen LogP) is 2.36. The first-order valence-corrected chi connectivity index (χ1v) is 7.08. The lowest BCUT2D eigenvalue weighted by molar-refractivity contribution is -0.145. The van der Waals surface area contributed by atoms with Crippen LogP contribution in [0.3, 0.4) is 0 Å². The third-order valence-corrected chi connectivity index (χ3v) is 3.10. The molecule has 0 aromatic carbocycles. The van der Waals surface area contributed by atoms with Gasteiger partial charge in [-0.05, 0) is 31.6 Å². The molecule has 0 spiro atoms. The number of carboxylic acid groups (broad SMARTS) is 1. The fourth-order valence-electron chi connectivity index (χ4n) is 1.78. The fraction of sp³-hybridized carbons (Fsp3) is 0.857. The average molecular weight is 274 g/mol. The van der Waals surface area contributed by atoms with Crippen molar-refractivity contribution in [2.24, 2.45) is 5.92 Å². The lowest BCUT2D eigenvalue weighted by Gasteiger charge is -2.14. The quantitative estimate of drug-likeness (QED) is 0.421. The van der Waals surface area contributed by atoms with Crippen LogP contribution in [0, 0.1) is 5.92 Å². The summed E-state index contributed by atoms with van der Waals surface area (Å²) in [6.07, 6.45) is 5.13. The molecular weight excluding hydrogens is 248 g/mol. The number of hydrogen-bond donors (Lipinski definition) is 2. The number of rotatable bonds is 12. The summed E-state index contributed by atoms with van der Waals surface area (Å²) in [5.74, 6) is -0.719. The Bertz CT molecular complexity index is 252. The Labute approximate surface area is 115 Å². The summed E-state index contributed by atoms with van der Waals surface area (Å²) >= 11 is 0. The third kappa shape index (κ3) is 11.7. The second-order valence-electron chi connectivity index (χ2n) is 4.78. The van der Waals surface area contributed by atoms with Crippen molar-refractivity contribution < 1.29 is 24.5 Å². The number of aliphatic hydroxyl groups excluding tert-OH is 1. The Morgan fingerprint density at radius 2 is 1.79 bits per heavy atom. The molecule has 112 valence electrons. The molecule has 0 amide bonds. The predicted molar refractivity (Wildman–Crippen MR) is 71.8 cm³/mol. The van der Waals surface area contributed by atoms with Crippen LogP contribution in [0.2, 0.25) is 0 Å². The Morgan fingerprint density at radius 3 is 2.37 bits per heavy atom. The maximum Gasteiger partial charge on any atom is 0.305 e. The molecule has 19 heavy (non-hydrogen) atoms. The van der Waals surface area contributed by atoms with Crippen LogP contribution in [-0.4, -0.2) is 35.4 Å². The minimum atomic E-state index is -0.830. The number of aliphatic hydroxyl groups is 1. The number of carboxylic acids is 1. The highest BCUT2D eigenvalue weighted by atomic mass is 16.5. The van der Waals surface area contributed by atoms with Gasteiger partial charge in [0.25, 0.3) is 0 Å². The van der Waals surface area contributed by atoms with Gasteiger partial charge in [-0.15, -0.1) is 0 Å². The highest BCUT2D eigenvalue weighted by Crippen LogP contribution is 2.13. The van der Waals surface area contributed by atoms with Crippen molar-refractivity contribution in [1.82, 2.24) is 0 Å². The van der Waals surface area contributed by atoms with Gasteiger partial charge in [-0.2, -0.15) is 0 Å². The molecule has 0 aliphatic heterocycles. The van der Waals surface area contributed by atoms with Crippen LogP contribution in [0.4, 0.5) is 0 Å². The number of ether oxygens (including phenoxy) is 1. The van der Waals surface area contributed by atoms with Gasteiger partial charge in [0.1, 0.15) is 0 Å². The summed E-state index contributed by atoms with van der Waals surface area (Å²) in [5, 5.41) is 17.2. The van der Waals surface area contributed by atoms with Gasteiger partial charge < -0.3 is 14.9 Å². The van der Waals surface area contributed by atoms with E-state index in [2.05, 4.69) is 6.92 Å². The summed E-state index contributed by atoms with van der Waals surface area (Å²) in [7, 11) is 0. The molecule has 0 saturated heterocycles. The normalized spacial score (nSPS) is 12.1. The highest BCUT2D eigenvalue weighted by molar-refractivity contribution is 5.69.